The topological polar surface area (TPSA) is 38.9 Å². The van der Waals surface area contributed by atoms with Gasteiger partial charge in [0.05, 0.1) is 12.5 Å². The zero-order chi connectivity index (χ0) is 9.26. The van der Waals surface area contributed by atoms with E-state index in [9.17, 15) is 4.39 Å². The smallest absolute Gasteiger partial charge is 0.182 e. The third-order valence-corrected chi connectivity index (χ3v) is 2.09. The molecule has 2 heterocycles. The highest BCUT2D eigenvalue weighted by Crippen LogP contribution is 2.23. The van der Waals surface area contributed by atoms with Crippen LogP contribution in [0.4, 0.5) is 4.39 Å². The van der Waals surface area contributed by atoms with Crippen molar-refractivity contribution in [1.82, 2.24) is 9.97 Å². The van der Waals surface area contributed by atoms with Crippen LogP contribution in [0, 0.1) is 5.82 Å². The molecule has 0 aliphatic carbocycles. The van der Waals surface area contributed by atoms with Gasteiger partial charge in [0.15, 0.2) is 5.82 Å². The quantitative estimate of drug-likeness (QED) is 0.722. The fraction of sp³-hybridized carbons (Fsp3) is 0. The molecule has 5 heteroatoms. The minimum Gasteiger partial charge on any atom is -0.472 e. The highest BCUT2D eigenvalue weighted by atomic mass is 79.9. The minimum atomic E-state index is -0.482. The van der Waals surface area contributed by atoms with Crippen molar-refractivity contribution in [2.24, 2.45) is 0 Å². The predicted octanol–water partition coefficient (Wildman–Crippen LogP) is 2.64. The van der Waals surface area contributed by atoms with Crippen LogP contribution >= 0.6 is 15.9 Å². The van der Waals surface area contributed by atoms with Crippen LogP contribution in [0.1, 0.15) is 0 Å². The Hall–Kier alpha value is -1.23. The van der Waals surface area contributed by atoms with Gasteiger partial charge in [-0.05, 0) is 22.0 Å². The fourth-order valence-corrected chi connectivity index (χ4v) is 1.23. The molecule has 0 bridgehead atoms. The maximum atomic E-state index is 13.4. The Bertz CT molecular complexity index is 416. The summed E-state index contributed by atoms with van der Waals surface area (Å²) in [6.45, 7) is 0. The van der Waals surface area contributed by atoms with Crippen LogP contribution in [0.2, 0.25) is 0 Å². The second-order valence-electron chi connectivity index (χ2n) is 2.34. The van der Waals surface area contributed by atoms with Gasteiger partial charge in [0.25, 0.3) is 0 Å². The standard InChI is InChI=1S/C8H4BrFN2O/c9-8-6(10)7(11-4-12-8)5-1-2-13-3-5/h1-4H. The number of nitrogens with zero attached hydrogens (tertiary/aromatic N) is 2. The molecule has 0 unspecified atom stereocenters. The lowest BCUT2D eigenvalue weighted by atomic mass is 10.2. The van der Waals surface area contributed by atoms with Crippen molar-refractivity contribution >= 4 is 15.9 Å². The van der Waals surface area contributed by atoms with E-state index in [1.54, 1.807) is 6.07 Å². The van der Waals surface area contributed by atoms with Crippen molar-refractivity contribution < 1.29 is 8.81 Å². The lowest BCUT2D eigenvalue weighted by Crippen LogP contribution is -1.91. The molecule has 66 valence electrons. The molecule has 0 atom stereocenters. The molecular formula is C8H4BrFN2O. The summed E-state index contributed by atoms with van der Waals surface area (Å²) >= 11 is 2.97. The molecule has 0 spiro atoms. The number of aromatic nitrogens is 2. The van der Waals surface area contributed by atoms with E-state index in [1.807, 2.05) is 0 Å². The van der Waals surface area contributed by atoms with E-state index in [0.29, 0.717) is 5.56 Å². The Kier molecular flexibility index (Phi) is 2.10. The lowest BCUT2D eigenvalue weighted by Gasteiger charge is -1.98. The van der Waals surface area contributed by atoms with Crippen LogP contribution in [0.5, 0.6) is 0 Å². The SMILES string of the molecule is Fc1c(Br)ncnc1-c1ccoc1. The Morgan fingerprint density at radius 2 is 2.23 bits per heavy atom. The first kappa shape index (κ1) is 8.37. The third-order valence-electron chi connectivity index (χ3n) is 1.54. The zero-order valence-electron chi connectivity index (χ0n) is 6.37. The highest BCUT2D eigenvalue weighted by Gasteiger charge is 2.11. The Labute approximate surface area is 81.8 Å². The van der Waals surface area contributed by atoms with E-state index in [0.717, 1.165) is 0 Å². The molecule has 0 aliphatic heterocycles. The Balaban J connectivity index is 2.59. The second-order valence-corrected chi connectivity index (χ2v) is 3.09. The fourth-order valence-electron chi connectivity index (χ4n) is 0.949. The summed E-state index contributed by atoms with van der Waals surface area (Å²) < 4.78 is 18.3. The number of halogens is 2. The van der Waals surface area contributed by atoms with E-state index in [1.165, 1.54) is 18.9 Å². The molecule has 13 heavy (non-hydrogen) atoms. The normalized spacial score (nSPS) is 10.3. The van der Waals surface area contributed by atoms with Crippen molar-refractivity contribution in [2.45, 2.75) is 0 Å². The van der Waals surface area contributed by atoms with Crippen molar-refractivity contribution in [2.75, 3.05) is 0 Å². The van der Waals surface area contributed by atoms with Crippen molar-refractivity contribution in [3.05, 3.63) is 35.3 Å². The minimum absolute atomic E-state index is 0.152. The first-order chi connectivity index (χ1) is 6.29. The Morgan fingerprint density at radius 3 is 2.92 bits per heavy atom. The molecule has 0 aromatic carbocycles. The molecule has 3 nitrogen and oxygen atoms in total. The summed E-state index contributed by atoms with van der Waals surface area (Å²) in [6, 6.07) is 1.64. The molecular weight excluding hydrogens is 239 g/mol. The van der Waals surface area contributed by atoms with Crippen LogP contribution in [0.15, 0.2) is 33.9 Å². The molecule has 0 N–H and O–H groups in total. The first-order valence-corrected chi connectivity index (χ1v) is 4.27. The first-order valence-electron chi connectivity index (χ1n) is 3.47. The highest BCUT2D eigenvalue weighted by molar-refractivity contribution is 9.10. The average molecular weight is 243 g/mol. The summed E-state index contributed by atoms with van der Waals surface area (Å²) in [5, 5.41) is 0. The Morgan fingerprint density at radius 1 is 1.38 bits per heavy atom. The van der Waals surface area contributed by atoms with Crippen molar-refractivity contribution in [3.63, 3.8) is 0 Å². The van der Waals surface area contributed by atoms with E-state index >= 15 is 0 Å². The maximum absolute atomic E-state index is 13.4. The van der Waals surface area contributed by atoms with Gasteiger partial charge >= 0.3 is 0 Å². The zero-order valence-corrected chi connectivity index (χ0v) is 7.95. The summed E-state index contributed by atoms with van der Waals surface area (Å²) in [6.07, 6.45) is 4.18. The van der Waals surface area contributed by atoms with Crippen LogP contribution in [-0.4, -0.2) is 9.97 Å². The van der Waals surface area contributed by atoms with Gasteiger partial charge in [-0.25, -0.2) is 14.4 Å². The molecule has 0 aliphatic rings. The molecule has 2 rings (SSSR count). The van der Waals surface area contributed by atoms with E-state index in [4.69, 9.17) is 4.42 Å². The maximum Gasteiger partial charge on any atom is 0.182 e. The summed E-state index contributed by atoms with van der Waals surface area (Å²) in [7, 11) is 0. The number of furan rings is 1. The van der Waals surface area contributed by atoms with Crippen LogP contribution in [-0.2, 0) is 0 Å². The van der Waals surface area contributed by atoms with Gasteiger partial charge in [-0.1, -0.05) is 0 Å². The largest absolute Gasteiger partial charge is 0.472 e. The summed E-state index contributed by atoms with van der Waals surface area (Å²) in [4.78, 5) is 7.45. The molecule has 2 aromatic heterocycles. The molecule has 0 fully saturated rings. The van der Waals surface area contributed by atoms with Gasteiger partial charge in [0.1, 0.15) is 16.6 Å². The molecule has 0 saturated carbocycles. The van der Waals surface area contributed by atoms with Crippen LogP contribution in [0.25, 0.3) is 11.3 Å². The van der Waals surface area contributed by atoms with E-state index in [2.05, 4.69) is 25.9 Å². The van der Waals surface area contributed by atoms with Crippen LogP contribution < -0.4 is 0 Å². The van der Waals surface area contributed by atoms with Gasteiger partial charge in [-0.15, -0.1) is 0 Å². The monoisotopic (exact) mass is 242 g/mol. The number of hydrogen-bond acceptors (Lipinski definition) is 3. The molecule has 2 aromatic rings. The summed E-state index contributed by atoms with van der Waals surface area (Å²) in [5.74, 6) is -0.482. The molecule has 0 amide bonds. The number of rotatable bonds is 1. The van der Waals surface area contributed by atoms with Gasteiger partial charge in [-0.2, -0.15) is 0 Å². The van der Waals surface area contributed by atoms with Gasteiger partial charge in [0.2, 0.25) is 0 Å². The van der Waals surface area contributed by atoms with Crippen molar-refractivity contribution in [1.29, 1.82) is 0 Å². The van der Waals surface area contributed by atoms with E-state index in [-0.39, 0.29) is 10.3 Å². The van der Waals surface area contributed by atoms with E-state index < -0.39 is 5.82 Å². The molecule has 0 radical (unpaired) electrons. The average Bonchev–Trinajstić information content (AvgIpc) is 2.62. The third kappa shape index (κ3) is 1.47. The van der Waals surface area contributed by atoms with Gasteiger partial charge < -0.3 is 4.42 Å². The van der Waals surface area contributed by atoms with Gasteiger partial charge in [0, 0.05) is 5.56 Å². The van der Waals surface area contributed by atoms with Gasteiger partial charge in [-0.3, -0.25) is 0 Å². The summed E-state index contributed by atoms with van der Waals surface area (Å²) in [5.41, 5.74) is 0.830. The van der Waals surface area contributed by atoms with Crippen LogP contribution in [0.3, 0.4) is 0 Å². The second kappa shape index (κ2) is 3.26. The van der Waals surface area contributed by atoms with Crippen molar-refractivity contribution in [3.8, 4) is 11.3 Å². The molecule has 0 saturated heterocycles. The number of hydrogen-bond donors (Lipinski definition) is 0. The predicted molar refractivity (Wildman–Crippen MR) is 47.4 cm³/mol. The lowest BCUT2D eigenvalue weighted by molar-refractivity contribution is 0.566.